The molecule has 6 nitrogen and oxygen atoms in total. The van der Waals surface area contributed by atoms with E-state index < -0.39 is 5.97 Å². The molecule has 0 amide bonds. The summed E-state index contributed by atoms with van der Waals surface area (Å²) in [4.78, 5) is 10.8. The zero-order chi connectivity index (χ0) is 14.0. The maximum atomic E-state index is 10.8. The van der Waals surface area contributed by atoms with E-state index in [0.717, 1.165) is 0 Å². The van der Waals surface area contributed by atoms with Gasteiger partial charge in [0.2, 0.25) is 0 Å². The van der Waals surface area contributed by atoms with Crippen molar-refractivity contribution in [3.05, 3.63) is 28.9 Å². The molecular weight excluding hydrogens is 274 g/mol. The van der Waals surface area contributed by atoms with E-state index in [1.807, 2.05) is 0 Å². The number of hydrogen-bond donors (Lipinski definition) is 1. The van der Waals surface area contributed by atoms with Crippen molar-refractivity contribution in [1.29, 1.82) is 0 Å². The molecule has 0 bridgehead atoms. The summed E-state index contributed by atoms with van der Waals surface area (Å²) in [7, 11) is 2.94. The van der Waals surface area contributed by atoms with Crippen molar-refractivity contribution in [2.45, 2.75) is 0 Å². The quantitative estimate of drug-likeness (QED) is 0.929. The highest BCUT2D eigenvalue weighted by Crippen LogP contribution is 2.42. The number of hydrogen-bond acceptors (Lipinski definition) is 5. The van der Waals surface area contributed by atoms with Crippen LogP contribution in [0.4, 0.5) is 0 Å². The highest BCUT2D eigenvalue weighted by Gasteiger charge is 2.20. The predicted octanol–water partition coefficient (Wildman–Crippen LogP) is 2.71. The summed E-state index contributed by atoms with van der Waals surface area (Å²) < 4.78 is 15.3. The van der Waals surface area contributed by atoms with Crippen LogP contribution in [0.3, 0.4) is 0 Å². The Bertz CT molecular complexity index is 623. The minimum atomic E-state index is -1.19. The van der Waals surface area contributed by atoms with E-state index >= 15 is 0 Å². The predicted molar refractivity (Wildman–Crippen MR) is 67.0 cm³/mol. The average Bonchev–Trinajstić information content (AvgIpc) is 2.87. The minimum absolute atomic E-state index is 0.193. The monoisotopic (exact) mass is 283 g/mol. The SMILES string of the molecule is COc1ccc(OC)c(-c2cc(C(=O)O)no2)c1Cl. The number of aromatic carboxylic acids is 1. The van der Waals surface area contributed by atoms with Gasteiger partial charge in [0.05, 0.1) is 24.8 Å². The topological polar surface area (TPSA) is 81.8 Å². The van der Waals surface area contributed by atoms with Gasteiger partial charge in [-0.25, -0.2) is 4.79 Å². The Labute approximate surface area is 113 Å². The van der Waals surface area contributed by atoms with Crippen molar-refractivity contribution in [3.8, 4) is 22.8 Å². The van der Waals surface area contributed by atoms with Crippen molar-refractivity contribution >= 4 is 17.6 Å². The van der Waals surface area contributed by atoms with Gasteiger partial charge in [-0.15, -0.1) is 0 Å². The molecule has 7 heteroatoms. The van der Waals surface area contributed by atoms with Crippen LogP contribution in [0.25, 0.3) is 11.3 Å². The Morgan fingerprint density at radius 3 is 2.47 bits per heavy atom. The summed E-state index contributed by atoms with van der Waals surface area (Å²) in [5, 5.41) is 12.5. The number of nitrogens with zero attached hydrogens (tertiary/aromatic N) is 1. The summed E-state index contributed by atoms with van der Waals surface area (Å²) in [6.45, 7) is 0. The van der Waals surface area contributed by atoms with Crippen LogP contribution in [0, 0.1) is 0 Å². The van der Waals surface area contributed by atoms with Gasteiger partial charge in [-0.1, -0.05) is 16.8 Å². The zero-order valence-electron chi connectivity index (χ0n) is 10.1. The maximum absolute atomic E-state index is 10.8. The third kappa shape index (κ3) is 2.34. The Morgan fingerprint density at radius 2 is 1.95 bits per heavy atom. The van der Waals surface area contributed by atoms with E-state index in [1.54, 1.807) is 12.1 Å². The number of carbonyl (C=O) groups is 1. The molecule has 0 unspecified atom stereocenters. The number of carboxylic acid groups (broad SMARTS) is 1. The van der Waals surface area contributed by atoms with Crippen molar-refractivity contribution in [2.75, 3.05) is 14.2 Å². The third-order valence-corrected chi connectivity index (χ3v) is 2.86. The van der Waals surface area contributed by atoms with Crippen LogP contribution in [-0.2, 0) is 0 Å². The Hall–Kier alpha value is -2.21. The first-order valence-corrected chi connectivity index (χ1v) is 5.57. The second-order valence-corrected chi connectivity index (χ2v) is 3.92. The molecule has 0 aliphatic carbocycles. The van der Waals surface area contributed by atoms with E-state index in [2.05, 4.69) is 5.16 Å². The van der Waals surface area contributed by atoms with Crippen LogP contribution < -0.4 is 9.47 Å². The van der Waals surface area contributed by atoms with E-state index in [1.165, 1.54) is 20.3 Å². The molecule has 0 aliphatic heterocycles. The summed E-state index contributed by atoms with van der Waals surface area (Å²) in [6, 6.07) is 4.55. The van der Waals surface area contributed by atoms with Crippen molar-refractivity contribution in [3.63, 3.8) is 0 Å². The zero-order valence-corrected chi connectivity index (χ0v) is 10.9. The summed E-state index contributed by atoms with van der Waals surface area (Å²) in [5.41, 5.74) is 0.180. The number of methoxy groups -OCH3 is 2. The summed E-state index contributed by atoms with van der Waals surface area (Å²) in [5.74, 6) is -0.143. The molecule has 2 rings (SSSR count). The van der Waals surface area contributed by atoms with Crippen molar-refractivity contribution in [2.24, 2.45) is 0 Å². The number of ether oxygens (including phenoxy) is 2. The molecular formula is C12H10ClNO5. The number of rotatable bonds is 4. The van der Waals surface area contributed by atoms with Gasteiger partial charge < -0.3 is 19.1 Å². The molecule has 2 aromatic rings. The van der Waals surface area contributed by atoms with Crippen LogP contribution >= 0.6 is 11.6 Å². The lowest BCUT2D eigenvalue weighted by Crippen LogP contribution is -1.95. The molecule has 0 spiro atoms. The molecule has 1 aromatic carbocycles. The molecule has 19 heavy (non-hydrogen) atoms. The highest BCUT2D eigenvalue weighted by molar-refractivity contribution is 6.35. The lowest BCUT2D eigenvalue weighted by molar-refractivity contribution is 0.0686. The van der Waals surface area contributed by atoms with Crippen LogP contribution in [0.1, 0.15) is 10.5 Å². The standard InChI is InChI=1S/C12H10ClNO5/c1-17-7-3-4-8(18-2)11(13)10(7)9-5-6(12(15)16)14-19-9/h3-5H,1-2H3,(H,15,16). The molecule has 0 atom stereocenters. The first kappa shape index (κ1) is 13.2. The first-order valence-electron chi connectivity index (χ1n) is 5.19. The smallest absolute Gasteiger partial charge is 0.358 e. The molecule has 0 aliphatic rings. The van der Waals surface area contributed by atoms with Gasteiger partial charge in [0, 0.05) is 6.07 Å². The molecule has 0 saturated heterocycles. The lowest BCUT2D eigenvalue weighted by atomic mass is 10.1. The Morgan fingerprint density at radius 1 is 1.32 bits per heavy atom. The van der Waals surface area contributed by atoms with Crippen LogP contribution in [0.2, 0.25) is 5.02 Å². The molecule has 0 saturated carbocycles. The fourth-order valence-electron chi connectivity index (χ4n) is 1.59. The average molecular weight is 284 g/mol. The van der Waals surface area contributed by atoms with Gasteiger partial charge in [0.15, 0.2) is 11.5 Å². The number of carboxylic acids is 1. The lowest BCUT2D eigenvalue weighted by Gasteiger charge is -2.10. The Kier molecular flexibility index (Phi) is 3.62. The van der Waals surface area contributed by atoms with Crippen molar-refractivity contribution < 1.29 is 23.9 Å². The van der Waals surface area contributed by atoms with E-state index in [-0.39, 0.29) is 16.5 Å². The van der Waals surface area contributed by atoms with Crippen molar-refractivity contribution in [1.82, 2.24) is 5.16 Å². The normalized spacial score (nSPS) is 10.3. The largest absolute Gasteiger partial charge is 0.496 e. The maximum Gasteiger partial charge on any atom is 0.358 e. The molecule has 1 aromatic heterocycles. The van der Waals surface area contributed by atoms with E-state index in [9.17, 15) is 4.79 Å². The minimum Gasteiger partial charge on any atom is -0.496 e. The number of halogens is 1. The van der Waals surface area contributed by atoms with Gasteiger partial charge in [-0.05, 0) is 12.1 Å². The Balaban J connectivity index is 2.61. The van der Waals surface area contributed by atoms with Gasteiger partial charge in [0.1, 0.15) is 11.5 Å². The van der Waals surface area contributed by atoms with Crippen LogP contribution in [0.5, 0.6) is 11.5 Å². The molecule has 0 fully saturated rings. The number of aromatic nitrogens is 1. The van der Waals surface area contributed by atoms with E-state index in [0.29, 0.717) is 17.1 Å². The van der Waals surface area contributed by atoms with Crippen LogP contribution in [-0.4, -0.2) is 30.5 Å². The van der Waals surface area contributed by atoms with Gasteiger partial charge in [-0.3, -0.25) is 0 Å². The number of benzene rings is 1. The second-order valence-electron chi connectivity index (χ2n) is 3.54. The first-order chi connectivity index (χ1) is 9.08. The highest BCUT2D eigenvalue weighted by atomic mass is 35.5. The molecule has 100 valence electrons. The summed E-state index contributed by atoms with van der Waals surface area (Å²) >= 11 is 6.18. The molecule has 1 N–H and O–H groups in total. The van der Waals surface area contributed by atoms with Gasteiger partial charge >= 0.3 is 5.97 Å². The van der Waals surface area contributed by atoms with Gasteiger partial charge in [-0.2, -0.15) is 0 Å². The fraction of sp³-hybridized carbons (Fsp3) is 0.167. The second kappa shape index (κ2) is 5.19. The van der Waals surface area contributed by atoms with Gasteiger partial charge in [0.25, 0.3) is 0 Å². The molecule has 0 radical (unpaired) electrons. The van der Waals surface area contributed by atoms with Crippen LogP contribution in [0.15, 0.2) is 22.7 Å². The van der Waals surface area contributed by atoms with E-state index in [4.69, 9.17) is 30.7 Å². The third-order valence-electron chi connectivity index (χ3n) is 2.48. The summed E-state index contributed by atoms with van der Waals surface area (Å²) in [6.07, 6.45) is 0. The fourth-order valence-corrected chi connectivity index (χ4v) is 1.92. The molecule has 1 heterocycles.